The minimum Gasteiger partial charge on any atom is -0.368 e. The second-order valence-electron chi connectivity index (χ2n) is 7.21. The minimum absolute atomic E-state index is 0.171. The highest BCUT2D eigenvalue weighted by Crippen LogP contribution is 2.36. The van der Waals surface area contributed by atoms with Crippen LogP contribution < -0.4 is 4.90 Å². The maximum atomic E-state index is 12.8. The van der Waals surface area contributed by atoms with Gasteiger partial charge in [-0.2, -0.15) is 0 Å². The van der Waals surface area contributed by atoms with E-state index in [1.54, 1.807) is 22.7 Å². The SMILES string of the molecule is O=C(CSc1nc(-c2cccs2)c(-c2cccs2)[nH]1)N1CCN(c2ccccc2)CC1. The molecule has 3 aromatic heterocycles. The monoisotopic (exact) mass is 466 g/mol. The van der Waals surface area contributed by atoms with Crippen LogP contribution in [0.25, 0.3) is 21.1 Å². The van der Waals surface area contributed by atoms with Crippen molar-refractivity contribution in [1.82, 2.24) is 14.9 Å². The van der Waals surface area contributed by atoms with Crippen molar-refractivity contribution in [3.05, 3.63) is 65.4 Å². The maximum absolute atomic E-state index is 12.8. The largest absolute Gasteiger partial charge is 0.368 e. The number of aromatic amines is 1. The lowest BCUT2D eigenvalue weighted by Crippen LogP contribution is -2.49. The molecule has 0 aliphatic carbocycles. The number of thiophene rings is 2. The van der Waals surface area contributed by atoms with Crippen LogP contribution in [-0.2, 0) is 4.79 Å². The van der Waals surface area contributed by atoms with E-state index in [2.05, 4.69) is 57.0 Å². The third-order valence-electron chi connectivity index (χ3n) is 5.29. The van der Waals surface area contributed by atoms with Gasteiger partial charge in [-0.3, -0.25) is 4.79 Å². The molecule has 1 aliphatic rings. The zero-order valence-electron chi connectivity index (χ0n) is 16.9. The first-order chi connectivity index (χ1) is 15.3. The zero-order chi connectivity index (χ0) is 21.0. The van der Waals surface area contributed by atoms with Gasteiger partial charge < -0.3 is 14.8 Å². The second-order valence-corrected chi connectivity index (χ2v) is 10.1. The highest BCUT2D eigenvalue weighted by Gasteiger charge is 2.22. The number of hydrogen-bond acceptors (Lipinski definition) is 6. The summed E-state index contributed by atoms with van der Waals surface area (Å²) >= 11 is 4.86. The third kappa shape index (κ3) is 4.56. The van der Waals surface area contributed by atoms with Crippen molar-refractivity contribution >= 4 is 46.0 Å². The summed E-state index contributed by atoms with van der Waals surface area (Å²) in [5, 5.41) is 4.93. The van der Waals surface area contributed by atoms with Crippen molar-refractivity contribution in [2.24, 2.45) is 0 Å². The number of imidazole rings is 1. The number of piperazine rings is 1. The molecule has 1 amide bonds. The number of benzene rings is 1. The van der Waals surface area contributed by atoms with Gasteiger partial charge in [0.15, 0.2) is 5.16 Å². The lowest BCUT2D eigenvalue weighted by molar-refractivity contribution is -0.128. The summed E-state index contributed by atoms with van der Waals surface area (Å²) in [5.41, 5.74) is 3.22. The number of carbonyl (C=O) groups excluding carboxylic acids is 1. The van der Waals surface area contributed by atoms with Crippen molar-refractivity contribution in [3.63, 3.8) is 0 Å². The average molecular weight is 467 g/mol. The van der Waals surface area contributed by atoms with Crippen molar-refractivity contribution < 1.29 is 4.79 Å². The predicted molar refractivity (Wildman–Crippen MR) is 131 cm³/mol. The molecular weight excluding hydrogens is 444 g/mol. The van der Waals surface area contributed by atoms with Gasteiger partial charge >= 0.3 is 0 Å². The smallest absolute Gasteiger partial charge is 0.233 e. The van der Waals surface area contributed by atoms with Crippen molar-refractivity contribution in [2.75, 3.05) is 36.8 Å². The molecule has 0 bridgehead atoms. The number of nitrogens with one attached hydrogen (secondary N) is 1. The van der Waals surface area contributed by atoms with Gasteiger partial charge in [-0.05, 0) is 35.0 Å². The van der Waals surface area contributed by atoms with Crippen LogP contribution in [0, 0.1) is 0 Å². The van der Waals surface area contributed by atoms with Crippen LogP contribution in [0.2, 0.25) is 0 Å². The van der Waals surface area contributed by atoms with Crippen LogP contribution in [-0.4, -0.2) is 52.7 Å². The molecule has 1 aromatic carbocycles. The Labute approximate surface area is 193 Å². The normalized spacial score (nSPS) is 14.2. The van der Waals surface area contributed by atoms with Crippen LogP contribution in [0.3, 0.4) is 0 Å². The Morgan fingerprint density at radius 3 is 2.32 bits per heavy atom. The summed E-state index contributed by atoms with van der Waals surface area (Å²) in [6, 6.07) is 18.7. The molecule has 158 valence electrons. The van der Waals surface area contributed by atoms with Crippen LogP contribution in [0.4, 0.5) is 5.69 Å². The summed E-state index contributed by atoms with van der Waals surface area (Å²) in [7, 11) is 0. The number of amides is 1. The van der Waals surface area contributed by atoms with Gasteiger partial charge in [-0.25, -0.2) is 4.98 Å². The van der Waals surface area contributed by atoms with Crippen molar-refractivity contribution in [3.8, 4) is 21.1 Å². The van der Waals surface area contributed by atoms with Gasteiger partial charge in [0.1, 0.15) is 5.69 Å². The molecule has 1 fully saturated rings. The maximum Gasteiger partial charge on any atom is 0.233 e. The third-order valence-corrected chi connectivity index (χ3v) is 7.91. The Morgan fingerprint density at radius 2 is 1.65 bits per heavy atom. The van der Waals surface area contributed by atoms with E-state index in [4.69, 9.17) is 4.98 Å². The van der Waals surface area contributed by atoms with Crippen molar-refractivity contribution in [1.29, 1.82) is 0 Å². The molecular formula is C23H22N4OS3. The topological polar surface area (TPSA) is 52.2 Å². The van der Waals surface area contributed by atoms with E-state index in [1.165, 1.54) is 17.4 Å². The molecule has 1 N–H and O–H groups in total. The molecule has 0 atom stereocenters. The Kier molecular flexibility index (Phi) is 6.11. The number of H-pyrrole nitrogens is 1. The van der Waals surface area contributed by atoms with Crippen LogP contribution in [0.1, 0.15) is 0 Å². The highest BCUT2D eigenvalue weighted by molar-refractivity contribution is 7.99. The molecule has 5 nitrogen and oxygen atoms in total. The quantitative estimate of drug-likeness (QED) is 0.392. The molecule has 0 unspecified atom stereocenters. The lowest BCUT2D eigenvalue weighted by atomic mass is 10.2. The second kappa shape index (κ2) is 9.30. The number of nitrogens with zero attached hydrogens (tertiary/aromatic N) is 3. The van der Waals surface area contributed by atoms with Gasteiger partial charge in [0.05, 0.1) is 21.2 Å². The van der Waals surface area contributed by atoms with Gasteiger partial charge in [0, 0.05) is 31.9 Å². The number of aromatic nitrogens is 2. The van der Waals surface area contributed by atoms with Gasteiger partial charge in [-0.1, -0.05) is 42.1 Å². The average Bonchev–Trinajstić information content (AvgIpc) is 3.59. The summed E-state index contributed by atoms with van der Waals surface area (Å²) < 4.78 is 0. The molecule has 31 heavy (non-hydrogen) atoms. The fraction of sp³-hybridized carbons (Fsp3) is 0.217. The molecule has 4 aromatic rings. The molecule has 4 heterocycles. The van der Waals surface area contributed by atoms with E-state index in [1.807, 2.05) is 23.1 Å². The summed E-state index contributed by atoms with van der Waals surface area (Å²) in [4.78, 5) is 27.7. The number of para-hydroxylation sites is 1. The number of anilines is 1. The zero-order valence-corrected chi connectivity index (χ0v) is 19.3. The number of rotatable bonds is 6. The lowest BCUT2D eigenvalue weighted by Gasteiger charge is -2.36. The first-order valence-corrected chi connectivity index (χ1v) is 12.9. The molecule has 0 saturated carbocycles. The molecule has 1 aliphatic heterocycles. The summed E-state index contributed by atoms with van der Waals surface area (Å²) in [5.74, 6) is 0.566. The minimum atomic E-state index is 0.171. The van der Waals surface area contributed by atoms with Crippen LogP contribution >= 0.6 is 34.4 Å². The molecule has 0 spiro atoms. The van der Waals surface area contributed by atoms with E-state index in [0.29, 0.717) is 5.75 Å². The van der Waals surface area contributed by atoms with Crippen molar-refractivity contribution in [2.45, 2.75) is 5.16 Å². The van der Waals surface area contributed by atoms with Gasteiger partial charge in [-0.15, -0.1) is 22.7 Å². The van der Waals surface area contributed by atoms with E-state index in [0.717, 1.165) is 52.5 Å². The standard InChI is InChI=1S/C23H22N4OS3/c28-20(27-12-10-26(11-13-27)17-6-2-1-3-7-17)16-31-23-24-21(18-8-4-14-29-18)22(25-23)19-9-5-15-30-19/h1-9,14-15H,10-13,16H2,(H,24,25). The van der Waals surface area contributed by atoms with E-state index < -0.39 is 0 Å². The van der Waals surface area contributed by atoms with Gasteiger partial charge in [0.2, 0.25) is 5.91 Å². The fourth-order valence-corrected chi connectivity index (χ4v) is 5.90. The predicted octanol–water partition coefficient (Wildman–Crippen LogP) is 5.31. The van der Waals surface area contributed by atoms with E-state index in [9.17, 15) is 4.79 Å². The highest BCUT2D eigenvalue weighted by atomic mass is 32.2. The number of thioether (sulfide) groups is 1. The Hall–Kier alpha value is -2.55. The summed E-state index contributed by atoms with van der Waals surface area (Å²) in [6.07, 6.45) is 0. The molecule has 1 saturated heterocycles. The van der Waals surface area contributed by atoms with Crippen LogP contribution in [0.15, 0.2) is 70.5 Å². The number of carbonyl (C=O) groups is 1. The molecule has 8 heteroatoms. The Morgan fingerprint density at radius 1 is 0.935 bits per heavy atom. The van der Waals surface area contributed by atoms with Gasteiger partial charge in [0.25, 0.3) is 0 Å². The summed E-state index contributed by atoms with van der Waals surface area (Å²) in [6.45, 7) is 3.25. The van der Waals surface area contributed by atoms with E-state index in [-0.39, 0.29) is 5.91 Å². The Bertz CT molecular complexity index is 1060. The fourth-order valence-electron chi connectivity index (χ4n) is 3.68. The first kappa shape index (κ1) is 20.4. The Balaban J connectivity index is 1.22. The van der Waals surface area contributed by atoms with Crippen LogP contribution in [0.5, 0.6) is 0 Å². The first-order valence-electron chi connectivity index (χ1n) is 10.2. The number of hydrogen-bond donors (Lipinski definition) is 1. The molecule has 5 rings (SSSR count). The van der Waals surface area contributed by atoms with E-state index >= 15 is 0 Å². The molecule has 0 radical (unpaired) electrons.